The molecule has 0 radical (unpaired) electrons. The van der Waals surface area contributed by atoms with Crippen molar-refractivity contribution in [3.8, 4) is 0 Å². The van der Waals surface area contributed by atoms with Gasteiger partial charge in [0, 0.05) is 24.7 Å². The number of ether oxygens (including phenoxy) is 1. The summed E-state index contributed by atoms with van der Waals surface area (Å²) in [4.78, 5) is 6.57. The van der Waals surface area contributed by atoms with Crippen LogP contribution in [-0.2, 0) is 4.74 Å². The first-order chi connectivity index (χ1) is 17.6. The number of nitrogens with zero attached hydrogens (tertiary/aromatic N) is 2. The maximum Gasteiger partial charge on any atom is 0.201 e. The molecule has 4 aromatic rings. The summed E-state index contributed by atoms with van der Waals surface area (Å²) in [6.45, 7) is 7.62. The second-order valence-corrected chi connectivity index (χ2v) is 10.3. The lowest BCUT2D eigenvalue weighted by Crippen LogP contribution is -2.35. The predicted molar refractivity (Wildman–Crippen MR) is 154 cm³/mol. The Labute approximate surface area is 218 Å². The van der Waals surface area contributed by atoms with Crippen LogP contribution >= 0.6 is 22.7 Å². The van der Waals surface area contributed by atoms with Gasteiger partial charge in [0.05, 0.1) is 41.0 Å². The number of benzene rings is 2. The molecule has 0 amide bonds. The van der Waals surface area contributed by atoms with Gasteiger partial charge < -0.3 is 25.9 Å². The van der Waals surface area contributed by atoms with Crippen LogP contribution < -0.4 is 37.5 Å². The van der Waals surface area contributed by atoms with Crippen molar-refractivity contribution in [2.45, 2.75) is 13.8 Å². The van der Waals surface area contributed by atoms with E-state index in [4.69, 9.17) is 4.74 Å². The predicted octanol–water partition coefficient (Wildman–Crippen LogP) is 5.98. The van der Waals surface area contributed by atoms with Gasteiger partial charge in [-0.3, -0.25) is 16.3 Å². The minimum Gasteiger partial charge on any atom is -0.378 e. The standard InChI is InChI=1S/C25H30N8OS2/c1-17-16-20(28-31-23-7-8-24(36-23)33-10-12-34-13-11-33)4-5-21(17)29-27-19-3-6-22(18(2)15-19)30-32-25-26-9-14-35-25/h3-9,14-16,27-31H,10-13H2,1-2H3,(H,26,32). The Bertz CT molecular complexity index is 1270. The Morgan fingerprint density at radius 2 is 1.44 bits per heavy atom. The number of hydrazine groups is 3. The summed E-state index contributed by atoms with van der Waals surface area (Å²) in [7, 11) is 0. The summed E-state index contributed by atoms with van der Waals surface area (Å²) in [6, 6.07) is 16.6. The molecule has 0 spiro atoms. The lowest BCUT2D eigenvalue weighted by atomic mass is 10.2. The lowest BCUT2D eigenvalue weighted by molar-refractivity contribution is 0.123. The lowest BCUT2D eigenvalue weighted by Gasteiger charge is -2.27. The Morgan fingerprint density at radius 3 is 2.08 bits per heavy atom. The Kier molecular flexibility index (Phi) is 7.60. The summed E-state index contributed by atoms with van der Waals surface area (Å²) in [5.74, 6) is 0. The quantitative estimate of drug-likeness (QED) is 0.141. The van der Waals surface area contributed by atoms with E-state index in [9.17, 15) is 0 Å². The number of anilines is 7. The van der Waals surface area contributed by atoms with Crippen molar-refractivity contribution < 1.29 is 4.74 Å². The molecule has 0 unspecified atom stereocenters. The zero-order chi connectivity index (χ0) is 24.7. The summed E-state index contributed by atoms with van der Waals surface area (Å²) >= 11 is 3.29. The van der Waals surface area contributed by atoms with Crippen LogP contribution in [0.15, 0.2) is 60.1 Å². The van der Waals surface area contributed by atoms with Gasteiger partial charge in [-0.15, -0.1) is 11.3 Å². The van der Waals surface area contributed by atoms with Crippen molar-refractivity contribution in [3.63, 3.8) is 0 Å². The Morgan fingerprint density at radius 1 is 0.778 bits per heavy atom. The average Bonchev–Trinajstić information content (AvgIpc) is 3.59. The topological polar surface area (TPSA) is 97.5 Å². The average molecular weight is 523 g/mol. The molecule has 9 nitrogen and oxygen atoms in total. The molecular formula is C25H30N8OS2. The first-order valence-corrected chi connectivity index (χ1v) is 13.4. The van der Waals surface area contributed by atoms with E-state index < -0.39 is 0 Å². The molecule has 1 aliphatic rings. The van der Waals surface area contributed by atoms with Crippen LogP contribution in [-0.4, -0.2) is 31.3 Å². The van der Waals surface area contributed by atoms with E-state index in [1.54, 1.807) is 28.9 Å². The largest absolute Gasteiger partial charge is 0.378 e. The van der Waals surface area contributed by atoms with Crippen molar-refractivity contribution in [2.24, 2.45) is 0 Å². The van der Waals surface area contributed by atoms with E-state index in [0.29, 0.717) is 0 Å². The molecule has 0 bridgehead atoms. The molecule has 3 heterocycles. The second kappa shape index (κ2) is 11.4. The van der Waals surface area contributed by atoms with Crippen molar-refractivity contribution >= 4 is 60.6 Å². The van der Waals surface area contributed by atoms with Gasteiger partial charge in [0.25, 0.3) is 0 Å². The van der Waals surface area contributed by atoms with Crippen molar-refractivity contribution in [1.82, 2.24) is 4.98 Å². The highest BCUT2D eigenvalue weighted by Crippen LogP contribution is 2.31. The number of hydrogen-bond donors (Lipinski definition) is 6. The summed E-state index contributed by atoms with van der Waals surface area (Å²) in [5.41, 5.74) is 25.8. The first kappa shape index (κ1) is 24.0. The van der Waals surface area contributed by atoms with Crippen LogP contribution in [0.5, 0.6) is 0 Å². The first-order valence-electron chi connectivity index (χ1n) is 11.7. The third-order valence-corrected chi connectivity index (χ3v) is 7.53. The zero-order valence-corrected chi connectivity index (χ0v) is 21.9. The number of nitrogens with one attached hydrogen (secondary N) is 6. The molecule has 11 heteroatoms. The fraction of sp³-hybridized carbons (Fsp3) is 0.240. The third kappa shape index (κ3) is 6.11. The van der Waals surface area contributed by atoms with Crippen molar-refractivity contribution in [1.29, 1.82) is 0 Å². The molecule has 0 aliphatic carbocycles. The number of hydrogen-bond acceptors (Lipinski definition) is 11. The monoisotopic (exact) mass is 522 g/mol. The fourth-order valence-corrected chi connectivity index (χ4v) is 5.18. The summed E-state index contributed by atoms with van der Waals surface area (Å²) in [6.07, 6.45) is 1.77. The highest BCUT2D eigenvalue weighted by molar-refractivity contribution is 7.20. The zero-order valence-electron chi connectivity index (χ0n) is 20.2. The molecule has 1 fully saturated rings. The molecule has 1 aliphatic heterocycles. The molecular weight excluding hydrogens is 492 g/mol. The van der Waals surface area contributed by atoms with Gasteiger partial charge >= 0.3 is 0 Å². The number of aryl methyl sites for hydroxylation is 2. The van der Waals surface area contributed by atoms with Crippen LogP contribution in [0.3, 0.4) is 0 Å². The minimum absolute atomic E-state index is 0.793. The van der Waals surface area contributed by atoms with Crippen molar-refractivity contribution in [2.75, 3.05) is 63.8 Å². The molecule has 2 aromatic carbocycles. The van der Waals surface area contributed by atoms with Gasteiger partial charge in [-0.05, 0) is 73.5 Å². The van der Waals surface area contributed by atoms with E-state index in [1.165, 1.54) is 5.00 Å². The Balaban J connectivity index is 1.12. The molecule has 5 rings (SSSR count). The fourth-order valence-electron chi connectivity index (χ4n) is 3.79. The number of rotatable bonds is 10. The summed E-state index contributed by atoms with van der Waals surface area (Å²) in [5, 5.41) is 5.10. The van der Waals surface area contributed by atoms with E-state index in [1.807, 2.05) is 23.6 Å². The van der Waals surface area contributed by atoms with Crippen LogP contribution in [0.1, 0.15) is 11.1 Å². The summed E-state index contributed by atoms with van der Waals surface area (Å²) < 4.78 is 5.45. The van der Waals surface area contributed by atoms with Gasteiger partial charge in [0.15, 0.2) is 0 Å². The van der Waals surface area contributed by atoms with Crippen LogP contribution in [0, 0.1) is 13.8 Å². The normalized spacial score (nSPS) is 13.2. The Hall–Kier alpha value is -3.67. The highest BCUT2D eigenvalue weighted by Gasteiger charge is 2.13. The maximum atomic E-state index is 5.45. The maximum absolute atomic E-state index is 5.45. The molecule has 36 heavy (non-hydrogen) atoms. The second-order valence-electron chi connectivity index (χ2n) is 8.38. The van der Waals surface area contributed by atoms with Crippen LogP contribution in [0.25, 0.3) is 0 Å². The number of thiazole rings is 1. The molecule has 6 N–H and O–H groups in total. The minimum atomic E-state index is 0.793. The SMILES string of the molecule is Cc1cc(NNc2ccc(N3CCOCC3)s2)ccc1NNc1ccc(NNc2nccs2)c(C)c1. The van der Waals surface area contributed by atoms with E-state index >= 15 is 0 Å². The van der Waals surface area contributed by atoms with Gasteiger partial charge in [-0.25, -0.2) is 4.98 Å². The molecule has 2 aromatic heterocycles. The molecule has 188 valence electrons. The van der Waals surface area contributed by atoms with Gasteiger partial charge in [0.1, 0.15) is 5.00 Å². The van der Waals surface area contributed by atoms with Gasteiger partial charge in [0.2, 0.25) is 5.13 Å². The highest BCUT2D eigenvalue weighted by atomic mass is 32.1. The van der Waals surface area contributed by atoms with E-state index in [0.717, 1.165) is 70.3 Å². The van der Waals surface area contributed by atoms with Gasteiger partial charge in [-0.1, -0.05) is 11.3 Å². The van der Waals surface area contributed by atoms with Gasteiger partial charge in [-0.2, -0.15) is 0 Å². The number of morpholine rings is 1. The van der Waals surface area contributed by atoms with E-state index in [2.05, 4.69) is 86.6 Å². The number of aromatic nitrogens is 1. The smallest absolute Gasteiger partial charge is 0.201 e. The number of thiophene rings is 1. The molecule has 0 saturated carbocycles. The molecule has 0 atom stereocenters. The third-order valence-electron chi connectivity index (χ3n) is 5.78. The van der Waals surface area contributed by atoms with Crippen LogP contribution in [0.4, 0.5) is 37.9 Å². The van der Waals surface area contributed by atoms with Crippen molar-refractivity contribution in [3.05, 3.63) is 71.2 Å². The van der Waals surface area contributed by atoms with E-state index in [-0.39, 0.29) is 0 Å². The molecule has 1 saturated heterocycles. The van der Waals surface area contributed by atoms with Crippen LogP contribution in [0.2, 0.25) is 0 Å².